The van der Waals surface area contributed by atoms with E-state index in [1.165, 1.54) is 5.56 Å². The molecule has 0 aliphatic heterocycles. The van der Waals surface area contributed by atoms with Crippen molar-refractivity contribution < 1.29 is 4.74 Å². The zero-order valence-corrected chi connectivity index (χ0v) is 10.1. The second-order valence-corrected chi connectivity index (χ2v) is 3.67. The molecule has 2 aromatic rings. The summed E-state index contributed by atoms with van der Waals surface area (Å²) in [7, 11) is 1.84. The molecule has 3 nitrogen and oxygen atoms in total. The molecule has 0 saturated heterocycles. The Morgan fingerprint density at radius 3 is 2.71 bits per heavy atom. The number of nitrogens with zero attached hydrogens (tertiary/aromatic N) is 1. The number of anilines is 1. The Bertz CT molecular complexity index is 497. The molecule has 2 rings (SSSR count). The summed E-state index contributed by atoms with van der Waals surface area (Å²) < 4.78 is 5.79. The number of benzene rings is 1. The highest BCUT2D eigenvalue weighted by molar-refractivity contribution is 5.40. The lowest BCUT2D eigenvalue weighted by atomic mass is 10.1. The molecule has 0 spiro atoms. The number of ether oxygens (including phenoxy) is 1. The summed E-state index contributed by atoms with van der Waals surface area (Å²) in [6.45, 7) is 2.11. The van der Waals surface area contributed by atoms with Crippen molar-refractivity contribution in [2.75, 3.05) is 12.4 Å². The lowest BCUT2D eigenvalue weighted by molar-refractivity contribution is 0.458. The van der Waals surface area contributed by atoms with Crippen molar-refractivity contribution >= 4 is 5.82 Å². The number of aromatic nitrogens is 1. The maximum Gasteiger partial charge on any atom is 0.221 e. The first-order chi connectivity index (χ1) is 8.33. The number of hydrogen-bond donors (Lipinski definition) is 1. The molecular formula is C14H16N2O. The Morgan fingerprint density at radius 2 is 1.94 bits per heavy atom. The van der Waals surface area contributed by atoms with E-state index in [9.17, 15) is 0 Å². The van der Waals surface area contributed by atoms with Crippen molar-refractivity contribution in [1.82, 2.24) is 4.98 Å². The van der Waals surface area contributed by atoms with Gasteiger partial charge in [-0.05, 0) is 24.1 Å². The van der Waals surface area contributed by atoms with Crippen LogP contribution in [0, 0.1) is 0 Å². The number of nitrogens with one attached hydrogen (secondary N) is 1. The number of para-hydroxylation sites is 1. The molecule has 0 unspecified atom stereocenters. The molecule has 17 heavy (non-hydrogen) atoms. The topological polar surface area (TPSA) is 34.1 Å². The third-order valence-corrected chi connectivity index (χ3v) is 2.55. The van der Waals surface area contributed by atoms with Crippen LogP contribution >= 0.6 is 0 Å². The summed E-state index contributed by atoms with van der Waals surface area (Å²) in [5.41, 5.74) is 1.18. The van der Waals surface area contributed by atoms with E-state index < -0.39 is 0 Å². The predicted octanol–water partition coefficient (Wildman–Crippen LogP) is 3.48. The monoisotopic (exact) mass is 228 g/mol. The molecule has 0 bridgehead atoms. The van der Waals surface area contributed by atoms with Gasteiger partial charge in [-0.15, -0.1) is 0 Å². The summed E-state index contributed by atoms with van der Waals surface area (Å²) in [5.74, 6) is 2.28. The van der Waals surface area contributed by atoms with Crippen molar-refractivity contribution in [3.05, 3.63) is 48.0 Å². The number of pyridine rings is 1. The normalized spacial score (nSPS) is 10.0. The SMILES string of the molecule is CCc1ccccc1Oc1cccc(NC)n1. The molecule has 0 fully saturated rings. The molecule has 0 aliphatic carbocycles. The van der Waals surface area contributed by atoms with E-state index in [-0.39, 0.29) is 0 Å². The molecular weight excluding hydrogens is 212 g/mol. The second-order valence-electron chi connectivity index (χ2n) is 3.67. The van der Waals surface area contributed by atoms with Crippen LogP contribution in [0.4, 0.5) is 5.82 Å². The highest BCUT2D eigenvalue weighted by Gasteiger charge is 2.03. The first kappa shape index (κ1) is 11.5. The molecule has 0 radical (unpaired) electrons. The van der Waals surface area contributed by atoms with E-state index in [2.05, 4.69) is 23.3 Å². The Hall–Kier alpha value is -2.03. The van der Waals surface area contributed by atoms with Gasteiger partial charge in [-0.3, -0.25) is 0 Å². The van der Waals surface area contributed by atoms with Crippen molar-refractivity contribution in [3.8, 4) is 11.6 Å². The van der Waals surface area contributed by atoms with Gasteiger partial charge in [0.15, 0.2) is 0 Å². The number of rotatable bonds is 4. The van der Waals surface area contributed by atoms with Crippen LogP contribution in [0.5, 0.6) is 11.6 Å². The lowest BCUT2D eigenvalue weighted by Crippen LogP contribution is -1.95. The van der Waals surface area contributed by atoms with Crippen LogP contribution in [0.3, 0.4) is 0 Å². The maximum absolute atomic E-state index is 5.79. The van der Waals surface area contributed by atoms with E-state index in [1.807, 2.05) is 43.4 Å². The fraction of sp³-hybridized carbons (Fsp3) is 0.214. The van der Waals surface area contributed by atoms with Crippen molar-refractivity contribution in [2.24, 2.45) is 0 Å². The first-order valence-electron chi connectivity index (χ1n) is 5.74. The lowest BCUT2D eigenvalue weighted by Gasteiger charge is -2.09. The zero-order chi connectivity index (χ0) is 12.1. The first-order valence-corrected chi connectivity index (χ1v) is 5.74. The van der Waals surface area contributed by atoms with Crippen LogP contribution in [0.25, 0.3) is 0 Å². The molecule has 0 amide bonds. The molecule has 0 atom stereocenters. The van der Waals surface area contributed by atoms with E-state index in [0.717, 1.165) is 18.0 Å². The van der Waals surface area contributed by atoms with Crippen molar-refractivity contribution in [1.29, 1.82) is 0 Å². The van der Waals surface area contributed by atoms with Gasteiger partial charge >= 0.3 is 0 Å². The molecule has 0 saturated carbocycles. The van der Waals surface area contributed by atoms with Crippen molar-refractivity contribution in [3.63, 3.8) is 0 Å². The van der Waals surface area contributed by atoms with Gasteiger partial charge in [-0.1, -0.05) is 31.2 Å². The van der Waals surface area contributed by atoms with Gasteiger partial charge in [-0.25, -0.2) is 0 Å². The molecule has 1 heterocycles. The molecule has 1 aromatic carbocycles. The van der Waals surface area contributed by atoms with Gasteiger partial charge in [-0.2, -0.15) is 4.98 Å². The van der Waals surface area contributed by atoms with Crippen LogP contribution in [0.1, 0.15) is 12.5 Å². The molecule has 1 aromatic heterocycles. The summed E-state index contributed by atoms with van der Waals surface area (Å²) in [6, 6.07) is 13.7. The zero-order valence-electron chi connectivity index (χ0n) is 10.1. The number of aryl methyl sites for hydroxylation is 1. The molecule has 0 aliphatic rings. The largest absolute Gasteiger partial charge is 0.439 e. The third kappa shape index (κ3) is 2.75. The number of hydrogen-bond acceptors (Lipinski definition) is 3. The fourth-order valence-corrected chi connectivity index (χ4v) is 1.62. The summed E-state index contributed by atoms with van der Waals surface area (Å²) in [4.78, 5) is 4.33. The van der Waals surface area contributed by atoms with Crippen LogP contribution in [0.2, 0.25) is 0 Å². The van der Waals surface area contributed by atoms with Gasteiger partial charge in [0.25, 0.3) is 0 Å². The highest BCUT2D eigenvalue weighted by atomic mass is 16.5. The highest BCUT2D eigenvalue weighted by Crippen LogP contribution is 2.24. The van der Waals surface area contributed by atoms with Gasteiger partial charge in [0, 0.05) is 13.1 Å². The van der Waals surface area contributed by atoms with Crippen LogP contribution < -0.4 is 10.1 Å². The van der Waals surface area contributed by atoms with Gasteiger partial charge in [0.05, 0.1) is 0 Å². The Balaban J connectivity index is 2.24. The minimum Gasteiger partial charge on any atom is -0.439 e. The van der Waals surface area contributed by atoms with Crippen LogP contribution in [0.15, 0.2) is 42.5 Å². The summed E-state index contributed by atoms with van der Waals surface area (Å²) in [6.07, 6.45) is 0.946. The van der Waals surface area contributed by atoms with Gasteiger partial charge in [0.1, 0.15) is 11.6 Å². The molecule has 88 valence electrons. The quantitative estimate of drug-likeness (QED) is 0.870. The average molecular weight is 228 g/mol. The molecule has 3 heteroatoms. The summed E-state index contributed by atoms with van der Waals surface area (Å²) in [5, 5.41) is 2.99. The van der Waals surface area contributed by atoms with Crippen molar-refractivity contribution in [2.45, 2.75) is 13.3 Å². The van der Waals surface area contributed by atoms with Crippen LogP contribution in [-0.4, -0.2) is 12.0 Å². The summed E-state index contributed by atoms with van der Waals surface area (Å²) >= 11 is 0. The van der Waals surface area contributed by atoms with E-state index in [1.54, 1.807) is 0 Å². The smallest absolute Gasteiger partial charge is 0.221 e. The minimum atomic E-state index is 0.609. The van der Waals surface area contributed by atoms with E-state index in [4.69, 9.17) is 4.74 Å². The molecule has 1 N–H and O–H groups in total. The Kier molecular flexibility index (Phi) is 3.60. The fourth-order valence-electron chi connectivity index (χ4n) is 1.62. The Labute approximate surface area is 101 Å². The second kappa shape index (κ2) is 5.34. The third-order valence-electron chi connectivity index (χ3n) is 2.55. The predicted molar refractivity (Wildman–Crippen MR) is 69.7 cm³/mol. The van der Waals surface area contributed by atoms with Gasteiger partial charge in [0.2, 0.25) is 5.88 Å². The minimum absolute atomic E-state index is 0.609. The van der Waals surface area contributed by atoms with E-state index in [0.29, 0.717) is 5.88 Å². The maximum atomic E-state index is 5.79. The average Bonchev–Trinajstić information content (AvgIpc) is 2.39. The Morgan fingerprint density at radius 1 is 1.12 bits per heavy atom. The van der Waals surface area contributed by atoms with Gasteiger partial charge < -0.3 is 10.1 Å². The standard InChI is InChI=1S/C14H16N2O/c1-3-11-7-4-5-8-12(11)17-14-10-6-9-13(15-2)16-14/h4-10H,3H2,1-2H3,(H,15,16). The van der Waals surface area contributed by atoms with E-state index >= 15 is 0 Å². The van der Waals surface area contributed by atoms with Crippen LogP contribution in [-0.2, 0) is 6.42 Å².